The van der Waals surface area contributed by atoms with E-state index in [1.807, 2.05) is 0 Å². The lowest BCUT2D eigenvalue weighted by atomic mass is 10.0. The smallest absolute Gasteiger partial charge is 0.306 e. The minimum atomic E-state index is -0.861. The van der Waals surface area contributed by atoms with Crippen LogP contribution < -0.4 is 10.1 Å². The lowest BCUT2D eigenvalue weighted by molar-refractivity contribution is -0.141. The molecule has 0 radical (unpaired) electrons. The summed E-state index contributed by atoms with van der Waals surface area (Å²) in [6.07, 6.45) is 1.39. The fraction of sp³-hybridized carbons (Fsp3) is 0.429. The molecule has 1 aliphatic carbocycles. The molecule has 0 heterocycles. The number of anilines is 1. The van der Waals surface area contributed by atoms with E-state index in [0.29, 0.717) is 24.9 Å². The number of ether oxygens (including phenoxy) is 1. The van der Waals surface area contributed by atoms with Gasteiger partial charge in [-0.05, 0) is 31.4 Å². The van der Waals surface area contributed by atoms with Crippen molar-refractivity contribution in [2.24, 2.45) is 11.8 Å². The van der Waals surface area contributed by atoms with Crippen molar-refractivity contribution in [3.05, 3.63) is 24.0 Å². The summed E-state index contributed by atoms with van der Waals surface area (Å²) in [7, 11) is 1.39. The topological polar surface area (TPSA) is 75.6 Å². The van der Waals surface area contributed by atoms with Crippen molar-refractivity contribution in [1.82, 2.24) is 0 Å². The maximum absolute atomic E-state index is 13.1. The van der Waals surface area contributed by atoms with Gasteiger partial charge in [-0.25, -0.2) is 4.39 Å². The van der Waals surface area contributed by atoms with Crippen molar-refractivity contribution < 1.29 is 23.8 Å². The zero-order chi connectivity index (χ0) is 14.7. The molecule has 0 unspecified atom stereocenters. The number of carbonyl (C=O) groups is 2. The highest BCUT2D eigenvalue weighted by molar-refractivity contribution is 5.94. The summed E-state index contributed by atoms with van der Waals surface area (Å²) < 4.78 is 18.1. The number of carbonyl (C=O) groups excluding carboxylic acids is 1. The standard InChI is InChI=1S/C14H16FNO4/c1-20-12-7-10(15)4-5-11(12)16-13(17)8-2-3-9(6-8)14(18)19/h4-5,7-9H,2-3,6H2,1H3,(H,16,17)(H,18,19)/t8-,9+/m1/s1. The van der Waals surface area contributed by atoms with Gasteiger partial charge < -0.3 is 15.2 Å². The Morgan fingerprint density at radius 3 is 2.65 bits per heavy atom. The normalized spacial score (nSPS) is 21.5. The fourth-order valence-corrected chi connectivity index (χ4v) is 2.45. The van der Waals surface area contributed by atoms with Crippen LogP contribution in [0.25, 0.3) is 0 Å². The second kappa shape index (κ2) is 5.90. The van der Waals surface area contributed by atoms with Crippen LogP contribution in [0.2, 0.25) is 0 Å². The summed E-state index contributed by atoms with van der Waals surface area (Å²) in [6.45, 7) is 0. The summed E-state index contributed by atoms with van der Waals surface area (Å²) in [5.41, 5.74) is 0.387. The molecule has 2 atom stereocenters. The number of aliphatic carboxylic acids is 1. The molecule has 0 saturated heterocycles. The maximum Gasteiger partial charge on any atom is 0.306 e. The van der Waals surface area contributed by atoms with E-state index in [2.05, 4.69) is 5.32 Å². The SMILES string of the molecule is COc1cc(F)ccc1NC(=O)[C@@H]1CC[C@H](C(=O)O)C1. The van der Waals surface area contributed by atoms with E-state index >= 15 is 0 Å². The van der Waals surface area contributed by atoms with E-state index in [1.54, 1.807) is 0 Å². The van der Waals surface area contributed by atoms with E-state index in [0.717, 1.165) is 0 Å². The summed E-state index contributed by atoms with van der Waals surface area (Å²) in [5, 5.41) is 11.6. The molecule has 2 N–H and O–H groups in total. The molecule has 1 aromatic carbocycles. The number of rotatable bonds is 4. The largest absolute Gasteiger partial charge is 0.494 e. The van der Waals surface area contributed by atoms with Gasteiger partial charge in [-0.2, -0.15) is 0 Å². The lowest BCUT2D eigenvalue weighted by Crippen LogP contribution is -2.22. The highest BCUT2D eigenvalue weighted by Crippen LogP contribution is 2.33. The molecule has 5 nitrogen and oxygen atoms in total. The molecule has 2 rings (SSSR count). The molecule has 1 saturated carbocycles. The monoisotopic (exact) mass is 281 g/mol. The third kappa shape index (κ3) is 3.07. The van der Waals surface area contributed by atoms with Crippen molar-refractivity contribution in [3.8, 4) is 5.75 Å². The van der Waals surface area contributed by atoms with Gasteiger partial charge in [0, 0.05) is 12.0 Å². The Morgan fingerprint density at radius 2 is 2.05 bits per heavy atom. The number of benzene rings is 1. The van der Waals surface area contributed by atoms with E-state index in [4.69, 9.17) is 9.84 Å². The zero-order valence-electron chi connectivity index (χ0n) is 11.1. The first-order valence-electron chi connectivity index (χ1n) is 6.38. The minimum Gasteiger partial charge on any atom is -0.494 e. The second-order valence-electron chi connectivity index (χ2n) is 4.88. The Kier molecular flexibility index (Phi) is 4.22. The van der Waals surface area contributed by atoms with E-state index in [9.17, 15) is 14.0 Å². The first-order valence-corrected chi connectivity index (χ1v) is 6.38. The summed E-state index contributed by atoms with van der Waals surface area (Å²) in [4.78, 5) is 23.0. The van der Waals surface area contributed by atoms with Gasteiger partial charge in [-0.15, -0.1) is 0 Å². The average molecular weight is 281 g/mol. The van der Waals surface area contributed by atoms with E-state index < -0.39 is 17.7 Å². The van der Waals surface area contributed by atoms with E-state index in [-0.39, 0.29) is 17.6 Å². The first kappa shape index (κ1) is 14.3. The minimum absolute atomic E-state index is 0.242. The third-order valence-corrected chi connectivity index (χ3v) is 3.57. The molecule has 0 aliphatic heterocycles. The van der Waals surface area contributed by atoms with Crippen LogP contribution in [-0.2, 0) is 9.59 Å². The van der Waals surface area contributed by atoms with Crippen molar-refractivity contribution in [2.45, 2.75) is 19.3 Å². The molecule has 1 aromatic rings. The lowest BCUT2D eigenvalue weighted by Gasteiger charge is -2.13. The predicted octanol–water partition coefficient (Wildman–Crippen LogP) is 2.27. The number of amides is 1. The molecule has 108 valence electrons. The van der Waals surface area contributed by atoms with Crippen LogP contribution in [0.4, 0.5) is 10.1 Å². The first-order chi connectivity index (χ1) is 9.51. The molecular weight excluding hydrogens is 265 g/mol. The second-order valence-corrected chi connectivity index (χ2v) is 4.88. The number of methoxy groups -OCH3 is 1. The molecule has 0 spiro atoms. The Balaban J connectivity index is 2.04. The maximum atomic E-state index is 13.1. The van der Waals surface area contributed by atoms with Crippen LogP contribution in [-0.4, -0.2) is 24.1 Å². The molecule has 1 aliphatic rings. The number of carboxylic acid groups (broad SMARTS) is 1. The number of carboxylic acids is 1. The van der Waals surface area contributed by atoms with Crippen LogP contribution >= 0.6 is 0 Å². The van der Waals surface area contributed by atoms with Gasteiger partial charge in [0.15, 0.2) is 0 Å². The Bertz CT molecular complexity index is 532. The summed E-state index contributed by atoms with van der Waals surface area (Å²) in [5.74, 6) is -2.11. The zero-order valence-corrected chi connectivity index (χ0v) is 11.1. The quantitative estimate of drug-likeness (QED) is 0.887. The molecular formula is C14H16FNO4. The van der Waals surface area contributed by atoms with Crippen molar-refractivity contribution in [3.63, 3.8) is 0 Å². The van der Waals surface area contributed by atoms with Crippen LogP contribution in [0, 0.1) is 17.7 Å². The molecule has 20 heavy (non-hydrogen) atoms. The van der Waals surface area contributed by atoms with Crippen molar-refractivity contribution >= 4 is 17.6 Å². The van der Waals surface area contributed by atoms with Crippen LogP contribution in [0.15, 0.2) is 18.2 Å². The highest BCUT2D eigenvalue weighted by atomic mass is 19.1. The van der Waals surface area contributed by atoms with Gasteiger partial charge in [-0.1, -0.05) is 0 Å². The number of nitrogens with one attached hydrogen (secondary N) is 1. The fourth-order valence-electron chi connectivity index (χ4n) is 2.45. The molecule has 6 heteroatoms. The van der Waals surface area contributed by atoms with Crippen LogP contribution in [0.1, 0.15) is 19.3 Å². The Labute approximate surface area is 115 Å². The molecule has 0 bridgehead atoms. The van der Waals surface area contributed by atoms with Gasteiger partial charge >= 0.3 is 5.97 Å². The number of hydrogen-bond donors (Lipinski definition) is 2. The van der Waals surface area contributed by atoms with Crippen LogP contribution in [0.3, 0.4) is 0 Å². The van der Waals surface area contributed by atoms with Crippen molar-refractivity contribution in [1.29, 1.82) is 0 Å². The molecule has 1 amide bonds. The highest BCUT2D eigenvalue weighted by Gasteiger charge is 2.34. The summed E-state index contributed by atoms with van der Waals surface area (Å²) >= 11 is 0. The Morgan fingerprint density at radius 1 is 1.35 bits per heavy atom. The third-order valence-electron chi connectivity index (χ3n) is 3.57. The van der Waals surface area contributed by atoms with Crippen LogP contribution in [0.5, 0.6) is 5.75 Å². The number of hydrogen-bond acceptors (Lipinski definition) is 3. The van der Waals surface area contributed by atoms with Gasteiger partial charge in [0.05, 0.1) is 18.7 Å². The predicted molar refractivity (Wildman–Crippen MR) is 70.0 cm³/mol. The molecule has 0 aromatic heterocycles. The van der Waals surface area contributed by atoms with Gasteiger partial charge in [0.2, 0.25) is 5.91 Å². The van der Waals surface area contributed by atoms with E-state index in [1.165, 1.54) is 25.3 Å². The van der Waals surface area contributed by atoms with Gasteiger partial charge in [0.1, 0.15) is 11.6 Å². The van der Waals surface area contributed by atoms with Gasteiger partial charge in [0.25, 0.3) is 0 Å². The molecule has 1 fully saturated rings. The average Bonchev–Trinajstić information content (AvgIpc) is 2.90. The Hall–Kier alpha value is -2.11. The summed E-state index contributed by atoms with van der Waals surface area (Å²) in [6, 6.07) is 3.84. The van der Waals surface area contributed by atoms with Crippen molar-refractivity contribution in [2.75, 3.05) is 12.4 Å². The number of halogens is 1. The van der Waals surface area contributed by atoms with Gasteiger partial charge in [-0.3, -0.25) is 9.59 Å².